The molecule has 1 rings (SSSR count). The van der Waals surface area contributed by atoms with Crippen LogP contribution in [0.25, 0.3) is 0 Å². The van der Waals surface area contributed by atoms with Crippen molar-refractivity contribution in [2.45, 2.75) is 19.9 Å². The number of hydrogen-bond donors (Lipinski definition) is 2. The van der Waals surface area contributed by atoms with Crippen LogP contribution in [0.1, 0.15) is 22.8 Å². The maximum Gasteiger partial charge on any atom is 0.253 e. The molecule has 120 valence electrons. The van der Waals surface area contributed by atoms with Crippen molar-refractivity contribution in [3.05, 3.63) is 29.3 Å². The van der Waals surface area contributed by atoms with Gasteiger partial charge in [-0.05, 0) is 31.5 Å². The normalized spacial score (nSPS) is 12.2. The Kier molecular flexibility index (Phi) is 7.15. The minimum Gasteiger partial charge on any atom is -0.338 e. The van der Waals surface area contributed by atoms with Crippen molar-refractivity contribution in [1.82, 2.24) is 4.90 Å². The number of rotatable bonds is 5. The average molecular weight is 336 g/mol. The predicted octanol–water partition coefficient (Wildman–Crippen LogP) is 1.21. The van der Waals surface area contributed by atoms with Crippen LogP contribution in [0.2, 0.25) is 0 Å². The summed E-state index contributed by atoms with van der Waals surface area (Å²) in [5.41, 5.74) is 7.12. The highest BCUT2D eigenvalue weighted by Crippen LogP contribution is 2.19. The monoisotopic (exact) mass is 335 g/mol. The van der Waals surface area contributed by atoms with E-state index in [-0.39, 0.29) is 24.4 Å². The van der Waals surface area contributed by atoms with Crippen LogP contribution in [0, 0.1) is 6.92 Å². The van der Waals surface area contributed by atoms with Gasteiger partial charge in [0.15, 0.2) is 0 Å². The van der Waals surface area contributed by atoms with Crippen LogP contribution < -0.4 is 10.5 Å². The predicted molar refractivity (Wildman–Crippen MR) is 87.5 cm³/mol. The summed E-state index contributed by atoms with van der Waals surface area (Å²) in [7, 11) is -1.71. The average Bonchev–Trinajstić information content (AvgIpc) is 2.37. The van der Waals surface area contributed by atoms with Crippen molar-refractivity contribution in [2.24, 2.45) is 5.73 Å². The highest BCUT2D eigenvalue weighted by Gasteiger charge is 2.17. The quantitative estimate of drug-likeness (QED) is 0.845. The molecule has 0 aliphatic rings. The zero-order valence-corrected chi connectivity index (χ0v) is 14.2. The van der Waals surface area contributed by atoms with E-state index in [2.05, 4.69) is 4.72 Å². The molecular weight excluding hydrogens is 314 g/mol. The standard InChI is InChI=1S/C13H21N3O3S.ClH/c1-9-5-6-11(7-12(9)15-20(4,18)19)13(17)16(3)10(2)8-14;/h5-7,10,15H,8,14H2,1-4H3;1H. The van der Waals surface area contributed by atoms with E-state index >= 15 is 0 Å². The van der Waals surface area contributed by atoms with Gasteiger partial charge in [-0.15, -0.1) is 12.4 Å². The molecule has 0 spiro atoms. The zero-order valence-electron chi connectivity index (χ0n) is 12.6. The van der Waals surface area contributed by atoms with Crippen molar-refractivity contribution >= 4 is 34.0 Å². The highest BCUT2D eigenvalue weighted by molar-refractivity contribution is 7.92. The van der Waals surface area contributed by atoms with Crippen LogP contribution in [0.4, 0.5) is 5.69 Å². The highest BCUT2D eigenvalue weighted by atomic mass is 35.5. The summed E-state index contributed by atoms with van der Waals surface area (Å²) in [4.78, 5) is 13.8. The minimum atomic E-state index is -3.38. The number of sulfonamides is 1. The van der Waals surface area contributed by atoms with E-state index in [9.17, 15) is 13.2 Å². The van der Waals surface area contributed by atoms with Gasteiger partial charge in [-0.3, -0.25) is 9.52 Å². The Morgan fingerprint density at radius 2 is 2.00 bits per heavy atom. The van der Waals surface area contributed by atoms with Gasteiger partial charge in [0, 0.05) is 25.2 Å². The van der Waals surface area contributed by atoms with Crippen molar-refractivity contribution in [3.63, 3.8) is 0 Å². The number of carbonyl (C=O) groups is 1. The number of halogens is 1. The Bertz CT molecular complexity index is 605. The maximum absolute atomic E-state index is 12.3. The molecule has 0 fully saturated rings. The number of likely N-dealkylation sites (N-methyl/N-ethyl adjacent to an activating group) is 1. The number of nitrogens with one attached hydrogen (secondary N) is 1. The van der Waals surface area contributed by atoms with Gasteiger partial charge in [0.05, 0.1) is 11.9 Å². The molecule has 6 nitrogen and oxygen atoms in total. The van der Waals surface area contributed by atoms with Crippen LogP contribution in [0.5, 0.6) is 0 Å². The molecule has 1 atom stereocenters. The van der Waals surface area contributed by atoms with E-state index < -0.39 is 10.0 Å². The van der Waals surface area contributed by atoms with Gasteiger partial charge < -0.3 is 10.6 Å². The van der Waals surface area contributed by atoms with Gasteiger partial charge in [0.25, 0.3) is 5.91 Å². The molecule has 0 radical (unpaired) electrons. The molecule has 0 heterocycles. The van der Waals surface area contributed by atoms with Gasteiger partial charge in [-0.25, -0.2) is 8.42 Å². The second-order valence-electron chi connectivity index (χ2n) is 4.90. The van der Waals surface area contributed by atoms with Gasteiger partial charge in [0.2, 0.25) is 10.0 Å². The molecule has 0 saturated heterocycles. The summed E-state index contributed by atoms with van der Waals surface area (Å²) in [6.07, 6.45) is 1.07. The van der Waals surface area contributed by atoms with Crippen molar-refractivity contribution in [3.8, 4) is 0 Å². The summed E-state index contributed by atoms with van der Waals surface area (Å²) in [6.45, 7) is 3.98. The first-order valence-corrected chi connectivity index (χ1v) is 8.10. The van der Waals surface area contributed by atoms with Crippen LogP contribution in [-0.4, -0.2) is 45.1 Å². The first kappa shape index (κ1) is 19.7. The molecule has 1 aromatic rings. The van der Waals surface area contributed by atoms with Crippen LogP contribution in [0.15, 0.2) is 18.2 Å². The summed E-state index contributed by atoms with van der Waals surface area (Å²) >= 11 is 0. The van der Waals surface area contributed by atoms with E-state index in [1.54, 1.807) is 32.2 Å². The summed E-state index contributed by atoms with van der Waals surface area (Å²) in [6, 6.07) is 4.83. The van der Waals surface area contributed by atoms with Gasteiger partial charge >= 0.3 is 0 Å². The molecule has 8 heteroatoms. The first-order chi connectivity index (χ1) is 9.15. The summed E-state index contributed by atoms with van der Waals surface area (Å²) in [5.74, 6) is -0.195. The number of amides is 1. The van der Waals surface area contributed by atoms with E-state index in [1.807, 2.05) is 6.92 Å². The fourth-order valence-corrected chi connectivity index (χ4v) is 2.25. The molecule has 0 aliphatic heterocycles. The van der Waals surface area contributed by atoms with E-state index in [4.69, 9.17) is 5.73 Å². The topological polar surface area (TPSA) is 92.5 Å². The molecule has 0 aliphatic carbocycles. The van der Waals surface area contributed by atoms with E-state index in [0.717, 1.165) is 11.8 Å². The second kappa shape index (κ2) is 7.63. The lowest BCUT2D eigenvalue weighted by atomic mass is 10.1. The summed E-state index contributed by atoms with van der Waals surface area (Å²) in [5, 5.41) is 0. The Morgan fingerprint density at radius 1 is 1.43 bits per heavy atom. The van der Waals surface area contributed by atoms with Gasteiger partial charge in [0.1, 0.15) is 0 Å². The SMILES string of the molecule is Cc1ccc(C(=O)N(C)C(C)CN)cc1NS(C)(=O)=O.Cl. The number of benzene rings is 1. The van der Waals surface area contributed by atoms with Crippen LogP contribution >= 0.6 is 12.4 Å². The molecule has 1 aromatic carbocycles. The maximum atomic E-state index is 12.3. The van der Waals surface area contributed by atoms with Crippen molar-refractivity contribution < 1.29 is 13.2 Å². The van der Waals surface area contributed by atoms with Crippen LogP contribution in [-0.2, 0) is 10.0 Å². The van der Waals surface area contributed by atoms with Gasteiger partial charge in [-0.1, -0.05) is 6.07 Å². The number of nitrogens with zero attached hydrogens (tertiary/aromatic N) is 1. The van der Waals surface area contributed by atoms with E-state index in [0.29, 0.717) is 17.8 Å². The Morgan fingerprint density at radius 3 is 2.48 bits per heavy atom. The Balaban J connectivity index is 0.00000400. The molecule has 0 aromatic heterocycles. The number of nitrogens with two attached hydrogens (primary N) is 1. The minimum absolute atomic E-state index is 0. The van der Waals surface area contributed by atoms with Crippen LogP contribution in [0.3, 0.4) is 0 Å². The number of hydrogen-bond acceptors (Lipinski definition) is 4. The zero-order chi connectivity index (χ0) is 15.5. The molecule has 3 N–H and O–H groups in total. The third-order valence-corrected chi connectivity index (χ3v) is 3.69. The lowest BCUT2D eigenvalue weighted by molar-refractivity contribution is 0.0748. The lowest BCUT2D eigenvalue weighted by Crippen LogP contribution is -2.39. The summed E-state index contributed by atoms with van der Waals surface area (Å²) < 4.78 is 25.0. The second-order valence-corrected chi connectivity index (χ2v) is 6.65. The smallest absolute Gasteiger partial charge is 0.253 e. The Labute approximate surface area is 132 Å². The fraction of sp³-hybridized carbons (Fsp3) is 0.462. The lowest BCUT2D eigenvalue weighted by Gasteiger charge is -2.24. The first-order valence-electron chi connectivity index (χ1n) is 6.21. The number of aryl methyl sites for hydroxylation is 1. The molecule has 1 amide bonds. The molecule has 0 saturated carbocycles. The molecule has 0 bridgehead atoms. The molecule has 1 unspecified atom stereocenters. The van der Waals surface area contributed by atoms with Crippen molar-refractivity contribution in [2.75, 3.05) is 24.6 Å². The fourth-order valence-electron chi connectivity index (χ4n) is 1.63. The van der Waals surface area contributed by atoms with Crippen molar-refractivity contribution in [1.29, 1.82) is 0 Å². The Hall–Kier alpha value is -1.31. The third kappa shape index (κ3) is 5.53. The largest absolute Gasteiger partial charge is 0.338 e. The number of anilines is 1. The molecule has 21 heavy (non-hydrogen) atoms. The van der Waals surface area contributed by atoms with E-state index in [1.165, 1.54) is 4.90 Å². The third-order valence-electron chi connectivity index (χ3n) is 3.10. The number of carbonyl (C=O) groups excluding carboxylic acids is 1. The molecular formula is C13H22ClN3O3S. The van der Waals surface area contributed by atoms with Gasteiger partial charge in [-0.2, -0.15) is 0 Å².